The lowest BCUT2D eigenvalue weighted by molar-refractivity contribution is -0.118. The SMILES string of the molecule is O=C(Nc1ccc2[nH]c(=O)[nH]c2c1)[C@@H]1CCCCN1. The summed E-state index contributed by atoms with van der Waals surface area (Å²) in [4.78, 5) is 28.6. The third kappa shape index (κ3) is 2.53. The molecule has 19 heavy (non-hydrogen) atoms. The first-order valence-corrected chi connectivity index (χ1v) is 6.49. The second-order valence-electron chi connectivity index (χ2n) is 4.83. The van der Waals surface area contributed by atoms with Crippen molar-refractivity contribution in [2.24, 2.45) is 0 Å². The second-order valence-corrected chi connectivity index (χ2v) is 4.83. The first-order chi connectivity index (χ1) is 9.22. The van der Waals surface area contributed by atoms with Gasteiger partial charge in [0.05, 0.1) is 17.1 Å². The molecule has 1 fully saturated rings. The molecular weight excluding hydrogens is 244 g/mol. The Morgan fingerprint density at radius 2 is 2.05 bits per heavy atom. The molecule has 0 saturated carbocycles. The van der Waals surface area contributed by atoms with E-state index >= 15 is 0 Å². The van der Waals surface area contributed by atoms with Gasteiger partial charge in [-0.25, -0.2) is 4.79 Å². The Hall–Kier alpha value is -2.08. The predicted molar refractivity (Wildman–Crippen MR) is 73.2 cm³/mol. The van der Waals surface area contributed by atoms with Gasteiger partial charge in [-0.15, -0.1) is 0 Å². The molecule has 1 atom stereocenters. The van der Waals surface area contributed by atoms with Gasteiger partial charge in [-0.3, -0.25) is 4.79 Å². The molecule has 1 saturated heterocycles. The highest BCUT2D eigenvalue weighted by molar-refractivity contribution is 5.96. The molecule has 0 spiro atoms. The lowest BCUT2D eigenvalue weighted by Gasteiger charge is -2.22. The van der Waals surface area contributed by atoms with Crippen LogP contribution in [0.2, 0.25) is 0 Å². The molecular formula is C13H16N4O2. The van der Waals surface area contributed by atoms with E-state index in [0.29, 0.717) is 11.2 Å². The number of carbonyl (C=O) groups excluding carboxylic acids is 1. The minimum atomic E-state index is -0.243. The molecule has 1 aromatic carbocycles. The Balaban J connectivity index is 1.76. The van der Waals surface area contributed by atoms with E-state index in [2.05, 4.69) is 20.6 Å². The Labute approximate surface area is 109 Å². The summed E-state index contributed by atoms with van der Waals surface area (Å²) in [6.45, 7) is 0.891. The number of carbonyl (C=O) groups is 1. The Morgan fingerprint density at radius 1 is 1.21 bits per heavy atom. The van der Waals surface area contributed by atoms with Gasteiger partial charge in [0.15, 0.2) is 0 Å². The largest absolute Gasteiger partial charge is 0.325 e. The lowest BCUT2D eigenvalue weighted by Crippen LogP contribution is -2.43. The van der Waals surface area contributed by atoms with Crippen LogP contribution in [-0.2, 0) is 4.79 Å². The number of H-pyrrole nitrogens is 2. The first kappa shape index (κ1) is 12.0. The number of piperidine rings is 1. The van der Waals surface area contributed by atoms with E-state index in [1.165, 1.54) is 0 Å². The van der Waals surface area contributed by atoms with Gasteiger partial charge in [-0.1, -0.05) is 6.42 Å². The van der Waals surface area contributed by atoms with Crippen molar-refractivity contribution in [3.8, 4) is 0 Å². The van der Waals surface area contributed by atoms with Crippen molar-refractivity contribution in [2.75, 3.05) is 11.9 Å². The van der Waals surface area contributed by atoms with Crippen molar-refractivity contribution in [3.05, 3.63) is 28.7 Å². The van der Waals surface area contributed by atoms with E-state index in [1.54, 1.807) is 18.2 Å². The maximum Gasteiger partial charge on any atom is 0.323 e. The van der Waals surface area contributed by atoms with Crippen LogP contribution in [0.3, 0.4) is 0 Å². The van der Waals surface area contributed by atoms with Crippen LogP contribution in [0, 0.1) is 0 Å². The third-order valence-electron chi connectivity index (χ3n) is 3.41. The number of nitrogens with one attached hydrogen (secondary N) is 4. The number of imidazole rings is 1. The molecule has 100 valence electrons. The summed E-state index contributed by atoms with van der Waals surface area (Å²) < 4.78 is 0. The standard InChI is InChI=1S/C13H16N4O2/c18-12(10-3-1-2-6-14-10)15-8-4-5-9-11(7-8)17-13(19)16-9/h4-5,7,10,14H,1-3,6H2,(H,15,18)(H2,16,17,19)/t10-/m0/s1. The van der Waals surface area contributed by atoms with Crippen LogP contribution in [0.1, 0.15) is 19.3 Å². The van der Waals surface area contributed by atoms with Crippen LogP contribution < -0.4 is 16.3 Å². The van der Waals surface area contributed by atoms with E-state index in [1.807, 2.05) is 0 Å². The Bertz CT molecular complexity index is 652. The summed E-state index contributed by atoms with van der Waals surface area (Å²) in [7, 11) is 0. The first-order valence-electron chi connectivity index (χ1n) is 6.49. The lowest BCUT2D eigenvalue weighted by atomic mass is 10.0. The fourth-order valence-electron chi connectivity index (χ4n) is 2.42. The molecule has 6 heteroatoms. The monoisotopic (exact) mass is 260 g/mol. The maximum atomic E-state index is 12.1. The van der Waals surface area contributed by atoms with Crippen molar-refractivity contribution >= 4 is 22.6 Å². The topological polar surface area (TPSA) is 89.8 Å². The molecule has 2 heterocycles. The van der Waals surface area contributed by atoms with Crippen molar-refractivity contribution in [3.63, 3.8) is 0 Å². The summed E-state index contributed by atoms with van der Waals surface area (Å²) in [5.41, 5.74) is 1.88. The minimum absolute atomic E-state index is 0.0167. The predicted octanol–water partition coefficient (Wildman–Crippen LogP) is 0.937. The second kappa shape index (κ2) is 4.89. The number of amides is 1. The van der Waals surface area contributed by atoms with Crippen molar-refractivity contribution in [1.82, 2.24) is 15.3 Å². The van der Waals surface area contributed by atoms with E-state index in [9.17, 15) is 9.59 Å². The molecule has 0 bridgehead atoms. The quantitative estimate of drug-likeness (QED) is 0.647. The average Bonchev–Trinajstić information content (AvgIpc) is 2.79. The van der Waals surface area contributed by atoms with Gasteiger partial charge in [0.25, 0.3) is 0 Å². The number of fused-ring (bicyclic) bond motifs is 1. The van der Waals surface area contributed by atoms with E-state index in [0.717, 1.165) is 31.3 Å². The highest BCUT2D eigenvalue weighted by Crippen LogP contribution is 2.16. The van der Waals surface area contributed by atoms with Gasteiger partial charge < -0.3 is 20.6 Å². The summed E-state index contributed by atoms with van der Waals surface area (Å²) >= 11 is 0. The molecule has 0 unspecified atom stereocenters. The van der Waals surface area contributed by atoms with Crippen molar-refractivity contribution in [2.45, 2.75) is 25.3 Å². The number of aromatic nitrogens is 2. The molecule has 1 aliphatic rings. The molecule has 2 aromatic rings. The number of hydrogen-bond acceptors (Lipinski definition) is 3. The van der Waals surface area contributed by atoms with Gasteiger partial charge in [0, 0.05) is 5.69 Å². The maximum absolute atomic E-state index is 12.1. The Morgan fingerprint density at radius 3 is 2.84 bits per heavy atom. The van der Waals surface area contributed by atoms with Crippen molar-refractivity contribution < 1.29 is 4.79 Å². The number of anilines is 1. The molecule has 6 nitrogen and oxygen atoms in total. The van der Waals surface area contributed by atoms with Crippen molar-refractivity contribution in [1.29, 1.82) is 0 Å². The minimum Gasteiger partial charge on any atom is -0.325 e. The molecule has 1 aromatic heterocycles. The van der Waals surface area contributed by atoms with Gasteiger partial charge in [0.1, 0.15) is 0 Å². The highest BCUT2D eigenvalue weighted by Gasteiger charge is 2.20. The fraction of sp³-hybridized carbons (Fsp3) is 0.385. The molecule has 0 aliphatic carbocycles. The molecule has 0 radical (unpaired) electrons. The average molecular weight is 260 g/mol. The number of benzene rings is 1. The van der Waals surface area contributed by atoms with Crippen LogP contribution in [0.4, 0.5) is 5.69 Å². The van der Waals surface area contributed by atoms with Crippen LogP contribution in [0.25, 0.3) is 11.0 Å². The molecule has 4 N–H and O–H groups in total. The third-order valence-corrected chi connectivity index (χ3v) is 3.41. The zero-order chi connectivity index (χ0) is 13.2. The van der Waals surface area contributed by atoms with E-state index < -0.39 is 0 Å². The van der Waals surface area contributed by atoms with Crippen LogP contribution >= 0.6 is 0 Å². The number of hydrogen-bond donors (Lipinski definition) is 4. The molecule has 1 amide bonds. The van der Waals surface area contributed by atoms with E-state index in [4.69, 9.17) is 0 Å². The van der Waals surface area contributed by atoms with Crippen LogP contribution in [0.5, 0.6) is 0 Å². The fourth-order valence-corrected chi connectivity index (χ4v) is 2.42. The number of rotatable bonds is 2. The highest BCUT2D eigenvalue weighted by atomic mass is 16.2. The van der Waals surface area contributed by atoms with Gasteiger partial charge in [-0.05, 0) is 37.6 Å². The summed E-state index contributed by atoms with van der Waals surface area (Å²) in [6, 6.07) is 5.20. The summed E-state index contributed by atoms with van der Waals surface area (Å²) in [5.74, 6) is -0.0167. The summed E-state index contributed by atoms with van der Waals surface area (Å²) in [6.07, 6.45) is 3.07. The Kier molecular flexibility index (Phi) is 3.08. The smallest absolute Gasteiger partial charge is 0.323 e. The van der Waals surface area contributed by atoms with Gasteiger partial charge >= 0.3 is 5.69 Å². The molecule has 1 aliphatic heterocycles. The summed E-state index contributed by atoms with van der Waals surface area (Å²) in [5, 5.41) is 6.08. The van der Waals surface area contributed by atoms with Crippen LogP contribution in [0.15, 0.2) is 23.0 Å². The van der Waals surface area contributed by atoms with Crippen LogP contribution in [-0.4, -0.2) is 28.5 Å². The zero-order valence-electron chi connectivity index (χ0n) is 10.5. The van der Waals surface area contributed by atoms with E-state index in [-0.39, 0.29) is 17.6 Å². The molecule has 3 rings (SSSR count). The van der Waals surface area contributed by atoms with Gasteiger partial charge in [0.2, 0.25) is 5.91 Å². The van der Waals surface area contributed by atoms with Gasteiger partial charge in [-0.2, -0.15) is 0 Å². The number of aromatic amines is 2. The zero-order valence-corrected chi connectivity index (χ0v) is 10.5. The normalized spacial score (nSPS) is 19.5.